The number of rotatable bonds is 8. The number of amides is 1. The lowest BCUT2D eigenvalue weighted by Crippen LogP contribution is -2.24. The summed E-state index contributed by atoms with van der Waals surface area (Å²) in [6.07, 6.45) is 1.39. The van der Waals surface area contributed by atoms with Gasteiger partial charge in [-0.05, 0) is 17.5 Å². The van der Waals surface area contributed by atoms with Crippen LogP contribution in [0.1, 0.15) is 30.9 Å². The molecule has 1 aromatic carbocycles. The summed E-state index contributed by atoms with van der Waals surface area (Å²) in [7, 11) is 0. The highest BCUT2D eigenvalue weighted by atomic mass is 16.5. The molecule has 0 aliphatic carbocycles. The molecule has 0 unspecified atom stereocenters. The van der Waals surface area contributed by atoms with Gasteiger partial charge in [0.05, 0.1) is 6.61 Å². The first kappa shape index (κ1) is 14.7. The Morgan fingerprint density at radius 3 is 2.83 bits per heavy atom. The lowest BCUT2D eigenvalue weighted by molar-refractivity contribution is -0.122. The maximum absolute atomic E-state index is 11.5. The van der Waals surface area contributed by atoms with Gasteiger partial charge in [0.25, 0.3) is 0 Å². The summed E-state index contributed by atoms with van der Waals surface area (Å²) in [5.41, 5.74) is 7.71. The van der Waals surface area contributed by atoms with Gasteiger partial charge in [0, 0.05) is 26.1 Å². The minimum atomic E-state index is 0.0178. The molecule has 0 fully saturated rings. The highest BCUT2D eigenvalue weighted by Crippen LogP contribution is 2.04. The first-order valence-electron chi connectivity index (χ1n) is 6.38. The third-order valence-electron chi connectivity index (χ3n) is 2.54. The van der Waals surface area contributed by atoms with Crippen molar-refractivity contribution in [3.05, 3.63) is 35.4 Å². The van der Waals surface area contributed by atoms with Crippen molar-refractivity contribution in [2.24, 2.45) is 5.73 Å². The lowest BCUT2D eigenvalue weighted by Gasteiger charge is -2.07. The zero-order valence-electron chi connectivity index (χ0n) is 10.9. The third kappa shape index (κ3) is 5.80. The Labute approximate surface area is 109 Å². The van der Waals surface area contributed by atoms with Crippen molar-refractivity contribution in [1.82, 2.24) is 5.32 Å². The van der Waals surface area contributed by atoms with Gasteiger partial charge < -0.3 is 15.8 Å². The largest absolute Gasteiger partial charge is 0.381 e. The highest BCUT2D eigenvalue weighted by Gasteiger charge is 2.01. The molecule has 18 heavy (non-hydrogen) atoms. The van der Waals surface area contributed by atoms with Crippen LogP contribution in [0.25, 0.3) is 0 Å². The molecule has 3 N–H and O–H groups in total. The van der Waals surface area contributed by atoms with Crippen molar-refractivity contribution in [2.75, 3.05) is 13.2 Å². The Balaban J connectivity index is 2.24. The Hall–Kier alpha value is -1.39. The molecule has 0 radical (unpaired) electrons. The Morgan fingerprint density at radius 2 is 2.11 bits per heavy atom. The van der Waals surface area contributed by atoms with E-state index < -0.39 is 0 Å². The SMILES string of the molecule is CCCOCCC(=O)NCc1cccc(CN)c1. The van der Waals surface area contributed by atoms with Gasteiger partial charge in [-0.3, -0.25) is 4.79 Å². The lowest BCUT2D eigenvalue weighted by atomic mass is 10.1. The zero-order valence-corrected chi connectivity index (χ0v) is 10.9. The van der Waals surface area contributed by atoms with E-state index in [1.807, 2.05) is 31.2 Å². The van der Waals surface area contributed by atoms with Crippen LogP contribution in [0.2, 0.25) is 0 Å². The predicted molar refractivity (Wildman–Crippen MR) is 71.9 cm³/mol. The normalized spacial score (nSPS) is 10.3. The predicted octanol–water partition coefficient (Wildman–Crippen LogP) is 1.58. The van der Waals surface area contributed by atoms with Crippen LogP contribution in [0.15, 0.2) is 24.3 Å². The van der Waals surface area contributed by atoms with E-state index in [1.165, 1.54) is 0 Å². The summed E-state index contributed by atoms with van der Waals surface area (Å²) >= 11 is 0. The number of nitrogens with two attached hydrogens (primary N) is 1. The van der Waals surface area contributed by atoms with E-state index in [4.69, 9.17) is 10.5 Å². The second-order valence-corrected chi connectivity index (χ2v) is 4.16. The van der Waals surface area contributed by atoms with E-state index in [0.717, 1.165) is 17.5 Å². The number of carbonyl (C=O) groups is 1. The van der Waals surface area contributed by atoms with Crippen LogP contribution >= 0.6 is 0 Å². The molecule has 100 valence electrons. The van der Waals surface area contributed by atoms with Gasteiger partial charge in [-0.15, -0.1) is 0 Å². The number of benzene rings is 1. The van der Waals surface area contributed by atoms with Crippen molar-refractivity contribution in [3.63, 3.8) is 0 Å². The van der Waals surface area contributed by atoms with Gasteiger partial charge in [-0.1, -0.05) is 31.2 Å². The zero-order chi connectivity index (χ0) is 13.2. The van der Waals surface area contributed by atoms with Crippen LogP contribution in [-0.2, 0) is 22.6 Å². The average molecular weight is 250 g/mol. The Morgan fingerprint density at radius 1 is 1.33 bits per heavy atom. The molecular formula is C14H22N2O2. The van der Waals surface area contributed by atoms with Gasteiger partial charge in [0.15, 0.2) is 0 Å². The molecule has 0 heterocycles. The van der Waals surface area contributed by atoms with Gasteiger partial charge in [-0.25, -0.2) is 0 Å². The number of hydrogen-bond donors (Lipinski definition) is 2. The van der Waals surface area contributed by atoms with Crippen molar-refractivity contribution in [3.8, 4) is 0 Å². The number of nitrogens with one attached hydrogen (secondary N) is 1. The molecule has 4 nitrogen and oxygen atoms in total. The number of carbonyl (C=O) groups excluding carboxylic acids is 1. The maximum atomic E-state index is 11.5. The van der Waals surface area contributed by atoms with Crippen molar-refractivity contribution in [1.29, 1.82) is 0 Å². The summed E-state index contributed by atoms with van der Waals surface area (Å²) in [5.74, 6) is 0.0178. The molecule has 0 aliphatic rings. The highest BCUT2D eigenvalue weighted by molar-refractivity contribution is 5.75. The van der Waals surface area contributed by atoms with E-state index in [-0.39, 0.29) is 5.91 Å². The second-order valence-electron chi connectivity index (χ2n) is 4.16. The molecule has 4 heteroatoms. The smallest absolute Gasteiger partial charge is 0.222 e. The molecule has 1 rings (SSSR count). The number of hydrogen-bond acceptors (Lipinski definition) is 3. The molecule has 1 aromatic rings. The van der Waals surface area contributed by atoms with Crippen LogP contribution in [-0.4, -0.2) is 19.1 Å². The minimum absolute atomic E-state index is 0.0178. The second kappa shape index (κ2) is 8.66. The van der Waals surface area contributed by atoms with Gasteiger partial charge >= 0.3 is 0 Å². The van der Waals surface area contributed by atoms with Gasteiger partial charge in [0.1, 0.15) is 0 Å². The monoisotopic (exact) mass is 250 g/mol. The molecule has 0 atom stereocenters. The molecule has 0 saturated heterocycles. The fourth-order valence-electron chi connectivity index (χ4n) is 1.57. The first-order chi connectivity index (χ1) is 8.76. The number of ether oxygens (including phenoxy) is 1. The third-order valence-corrected chi connectivity index (χ3v) is 2.54. The molecule has 0 aromatic heterocycles. The van der Waals surface area contributed by atoms with Gasteiger partial charge in [0.2, 0.25) is 5.91 Å². The van der Waals surface area contributed by atoms with Crippen LogP contribution < -0.4 is 11.1 Å². The summed E-state index contributed by atoms with van der Waals surface area (Å²) < 4.78 is 5.26. The fraction of sp³-hybridized carbons (Fsp3) is 0.500. The van der Waals surface area contributed by atoms with Crippen LogP contribution in [0.5, 0.6) is 0 Å². The molecule has 0 aliphatic heterocycles. The molecule has 0 saturated carbocycles. The van der Waals surface area contributed by atoms with E-state index in [2.05, 4.69) is 5.32 Å². The van der Waals surface area contributed by atoms with E-state index in [1.54, 1.807) is 0 Å². The Kier molecular flexibility index (Phi) is 7.06. The quantitative estimate of drug-likeness (QED) is 0.688. The maximum Gasteiger partial charge on any atom is 0.222 e. The standard InChI is InChI=1S/C14H22N2O2/c1-2-7-18-8-6-14(17)16-11-13-5-3-4-12(9-13)10-15/h3-5,9H,2,6-8,10-11,15H2,1H3,(H,16,17). The molecule has 0 spiro atoms. The summed E-state index contributed by atoms with van der Waals surface area (Å²) in [6.45, 7) is 4.31. The average Bonchev–Trinajstić information content (AvgIpc) is 2.41. The molecule has 0 bridgehead atoms. The van der Waals surface area contributed by atoms with E-state index in [0.29, 0.717) is 32.7 Å². The van der Waals surface area contributed by atoms with Gasteiger partial charge in [-0.2, -0.15) is 0 Å². The van der Waals surface area contributed by atoms with Crippen molar-refractivity contribution >= 4 is 5.91 Å². The molecular weight excluding hydrogens is 228 g/mol. The topological polar surface area (TPSA) is 64.3 Å². The summed E-state index contributed by atoms with van der Waals surface area (Å²) in [4.78, 5) is 11.5. The summed E-state index contributed by atoms with van der Waals surface area (Å²) in [6, 6.07) is 7.92. The fourth-order valence-corrected chi connectivity index (χ4v) is 1.57. The van der Waals surface area contributed by atoms with Crippen molar-refractivity contribution in [2.45, 2.75) is 32.9 Å². The minimum Gasteiger partial charge on any atom is -0.381 e. The van der Waals surface area contributed by atoms with Crippen LogP contribution in [0, 0.1) is 0 Å². The van der Waals surface area contributed by atoms with E-state index >= 15 is 0 Å². The van der Waals surface area contributed by atoms with Crippen LogP contribution in [0.3, 0.4) is 0 Å². The van der Waals surface area contributed by atoms with Crippen LogP contribution in [0.4, 0.5) is 0 Å². The van der Waals surface area contributed by atoms with Crippen molar-refractivity contribution < 1.29 is 9.53 Å². The van der Waals surface area contributed by atoms with E-state index in [9.17, 15) is 4.79 Å². The molecule has 1 amide bonds. The Bertz CT molecular complexity index is 367. The first-order valence-corrected chi connectivity index (χ1v) is 6.38. The summed E-state index contributed by atoms with van der Waals surface area (Å²) in [5, 5.41) is 2.87.